The van der Waals surface area contributed by atoms with E-state index >= 15 is 0 Å². The molecule has 2 unspecified atom stereocenters. The average Bonchev–Trinajstić information content (AvgIpc) is 3.30. The molecule has 9 heteroatoms. The van der Waals surface area contributed by atoms with Crippen molar-refractivity contribution in [1.82, 2.24) is 5.32 Å². The maximum absolute atomic E-state index is 13.2. The fourth-order valence-corrected chi connectivity index (χ4v) is 7.60. The molecule has 184 valence electrons. The van der Waals surface area contributed by atoms with Crippen LogP contribution in [0.2, 0.25) is 0 Å². The summed E-state index contributed by atoms with van der Waals surface area (Å²) in [6.45, 7) is 6.25. The number of ether oxygens (including phenoxy) is 1. The zero-order valence-corrected chi connectivity index (χ0v) is 21.5. The van der Waals surface area contributed by atoms with Crippen LogP contribution in [0.4, 0.5) is 5.00 Å². The maximum atomic E-state index is 13.2. The Morgan fingerprint density at radius 2 is 1.91 bits per heavy atom. The summed E-state index contributed by atoms with van der Waals surface area (Å²) in [5, 5.41) is 6.29. The second-order valence-electron chi connectivity index (χ2n) is 9.69. The summed E-state index contributed by atoms with van der Waals surface area (Å²) < 4.78 is 29.3. The van der Waals surface area contributed by atoms with Crippen LogP contribution in [0.15, 0.2) is 24.3 Å². The first kappa shape index (κ1) is 24.7. The number of benzene rings is 1. The Morgan fingerprint density at radius 3 is 2.56 bits per heavy atom. The van der Waals surface area contributed by atoms with E-state index in [-0.39, 0.29) is 29.9 Å². The molecule has 1 aromatic heterocycles. The number of amides is 2. The Hall–Kier alpha value is -2.39. The lowest BCUT2D eigenvalue weighted by molar-refractivity contribution is -0.118. The minimum Gasteiger partial charge on any atom is -0.484 e. The normalized spacial score (nSPS) is 21.2. The highest BCUT2D eigenvalue weighted by Gasteiger charge is 2.33. The van der Waals surface area contributed by atoms with Gasteiger partial charge < -0.3 is 15.4 Å². The molecule has 34 heavy (non-hydrogen) atoms. The van der Waals surface area contributed by atoms with Crippen LogP contribution in [0.3, 0.4) is 0 Å². The summed E-state index contributed by atoms with van der Waals surface area (Å²) in [5.41, 5.74) is 2.65. The van der Waals surface area contributed by atoms with E-state index in [0.29, 0.717) is 34.6 Å². The van der Waals surface area contributed by atoms with Crippen LogP contribution in [0, 0.1) is 5.92 Å². The maximum Gasteiger partial charge on any atom is 0.262 e. The van der Waals surface area contributed by atoms with Crippen molar-refractivity contribution in [2.24, 2.45) is 5.92 Å². The van der Waals surface area contributed by atoms with Gasteiger partial charge in [-0.3, -0.25) is 9.59 Å². The molecule has 1 aromatic carbocycles. The molecule has 2 N–H and O–H groups in total. The Labute approximate surface area is 205 Å². The van der Waals surface area contributed by atoms with E-state index in [0.717, 1.165) is 29.7 Å². The second-order valence-corrected chi connectivity index (χ2v) is 13.0. The van der Waals surface area contributed by atoms with Gasteiger partial charge in [0.1, 0.15) is 10.8 Å². The lowest BCUT2D eigenvalue weighted by Gasteiger charge is -2.19. The molecule has 0 bridgehead atoms. The molecule has 2 aromatic rings. The van der Waals surface area contributed by atoms with E-state index in [1.165, 1.54) is 16.9 Å². The number of nitrogens with one attached hydrogen (secondary N) is 2. The zero-order chi connectivity index (χ0) is 24.5. The highest BCUT2D eigenvalue weighted by Crippen LogP contribution is 2.39. The van der Waals surface area contributed by atoms with Crippen molar-refractivity contribution in [2.75, 3.05) is 23.4 Å². The van der Waals surface area contributed by atoms with Crippen LogP contribution in [0.1, 0.15) is 65.9 Å². The number of sulfone groups is 1. The van der Waals surface area contributed by atoms with E-state index in [2.05, 4.69) is 31.4 Å². The second kappa shape index (κ2) is 10.1. The van der Waals surface area contributed by atoms with Crippen LogP contribution in [-0.2, 0) is 27.5 Å². The number of anilines is 1. The molecule has 2 atom stereocenters. The van der Waals surface area contributed by atoms with Crippen LogP contribution >= 0.6 is 11.3 Å². The lowest BCUT2D eigenvalue weighted by atomic mass is 9.88. The fourth-order valence-electron chi connectivity index (χ4n) is 4.51. The molecule has 1 aliphatic heterocycles. The number of carbonyl (C=O) groups excluding carboxylic acids is 2. The smallest absolute Gasteiger partial charge is 0.262 e. The topological polar surface area (TPSA) is 102 Å². The van der Waals surface area contributed by atoms with E-state index < -0.39 is 15.9 Å². The number of thiophene rings is 1. The molecule has 7 nitrogen and oxygen atoms in total. The minimum absolute atomic E-state index is 0.0345. The quantitative estimate of drug-likeness (QED) is 0.595. The van der Waals surface area contributed by atoms with Gasteiger partial charge in [-0.2, -0.15) is 0 Å². The van der Waals surface area contributed by atoms with Crippen molar-refractivity contribution in [1.29, 1.82) is 0 Å². The summed E-state index contributed by atoms with van der Waals surface area (Å²) in [4.78, 5) is 27.0. The first-order valence-electron chi connectivity index (χ1n) is 11.8. The molecule has 2 aliphatic rings. The number of hydrogen-bond acceptors (Lipinski definition) is 6. The summed E-state index contributed by atoms with van der Waals surface area (Å²) in [6.07, 6.45) is 3.03. The number of rotatable bonds is 7. The third kappa shape index (κ3) is 5.81. The summed E-state index contributed by atoms with van der Waals surface area (Å²) >= 11 is 1.44. The van der Waals surface area contributed by atoms with Crippen molar-refractivity contribution in [3.63, 3.8) is 0 Å². The lowest BCUT2D eigenvalue weighted by Crippen LogP contribution is -2.36. The first-order chi connectivity index (χ1) is 16.1. The van der Waals surface area contributed by atoms with E-state index in [9.17, 15) is 18.0 Å². The van der Waals surface area contributed by atoms with Gasteiger partial charge in [0.15, 0.2) is 16.4 Å². The Bertz CT molecular complexity index is 1170. The molecule has 2 amide bonds. The van der Waals surface area contributed by atoms with Gasteiger partial charge in [-0.15, -0.1) is 11.3 Å². The molecule has 1 saturated heterocycles. The van der Waals surface area contributed by atoms with Gasteiger partial charge in [0.2, 0.25) is 0 Å². The molecular weight excluding hydrogens is 472 g/mol. The standard InChI is InChI=1S/C25H32N2O5S2/c1-15(2)17-5-7-19(8-6-17)32-13-22(28)27-25-23(20-9-4-16(3)12-21(20)33-25)24(29)26-18-10-11-34(30,31)14-18/h5-8,15-16,18H,4,9-14H2,1-3H3,(H,26,29)(H,27,28). The van der Waals surface area contributed by atoms with Crippen LogP contribution in [-0.4, -0.2) is 44.4 Å². The Balaban J connectivity index is 1.47. The van der Waals surface area contributed by atoms with Gasteiger partial charge >= 0.3 is 0 Å². The predicted octanol–water partition coefficient (Wildman–Crippen LogP) is 3.93. The van der Waals surface area contributed by atoms with E-state index in [1.807, 2.05) is 24.3 Å². The molecule has 0 saturated carbocycles. The summed E-state index contributed by atoms with van der Waals surface area (Å²) in [7, 11) is -3.10. The van der Waals surface area contributed by atoms with E-state index in [1.54, 1.807) is 0 Å². The molecule has 2 heterocycles. The van der Waals surface area contributed by atoms with Crippen molar-refractivity contribution in [3.05, 3.63) is 45.8 Å². The molecule has 0 spiro atoms. The van der Waals surface area contributed by atoms with Crippen molar-refractivity contribution in [2.45, 2.75) is 58.4 Å². The van der Waals surface area contributed by atoms with Crippen LogP contribution in [0.5, 0.6) is 5.75 Å². The van der Waals surface area contributed by atoms with Gasteiger partial charge in [-0.25, -0.2) is 8.42 Å². The summed E-state index contributed by atoms with van der Waals surface area (Å²) in [6, 6.07) is 7.28. The van der Waals surface area contributed by atoms with Gasteiger partial charge in [0.05, 0.1) is 17.1 Å². The van der Waals surface area contributed by atoms with E-state index in [4.69, 9.17) is 4.74 Å². The fraction of sp³-hybridized carbons (Fsp3) is 0.520. The monoisotopic (exact) mass is 504 g/mol. The highest BCUT2D eigenvalue weighted by atomic mass is 32.2. The van der Waals surface area contributed by atoms with Crippen molar-refractivity contribution in [3.8, 4) is 5.75 Å². The Morgan fingerprint density at radius 1 is 1.18 bits per heavy atom. The number of carbonyl (C=O) groups is 2. The number of fused-ring (bicyclic) bond motifs is 1. The minimum atomic E-state index is -3.10. The van der Waals surface area contributed by atoms with Crippen LogP contribution < -0.4 is 15.4 Å². The van der Waals surface area contributed by atoms with Crippen molar-refractivity contribution < 1.29 is 22.7 Å². The highest BCUT2D eigenvalue weighted by molar-refractivity contribution is 7.91. The zero-order valence-electron chi connectivity index (χ0n) is 19.8. The average molecular weight is 505 g/mol. The van der Waals surface area contributed by atoms with Crippen molar-refractivity contribution >= 4 is 38.0 Å². The molecular formula is C25H32N2O5S2. The third-order valence-electron chi connectivity index (χ3n) is 6.48. The predicted molar refractivity (Wildman–Crippen MR) is 135 cm³/mol. The van der Waals surface area contributed by atoms with Gasteiger partial charge in [0, 0.05) is 10.9 Å². The molecule has 0 radical (unpaired) electrons. The SMILES string of the molecule is CC1CCc2c(sc(NC(=O)COc3ccc(C(C)C)cc3)c2C(=O)NC2CCS(=O)(=O)C2)C1. The Kier molecular flexibility index (Phi) is 7.33. The number of hydrogen-bond donors (Lipinski definition) is 2. The van der Waals surface area contributed by atoms with Crippen LogP contribution in [0.25, 0.3) is 0 Å². The van der Waals surface area contributed by atoms with Gasteiger partial charge in [-0.05, 0) is 60.8 Å². The van der Waals surface area contributed by atoms with Gasteiger partial charge in [-0.1, -0.05) is 32.9 Å². The van der Waals surface area contributed by atoms with Gasteiger partial charge in [0.25, 0.3) is 11.8 Å². The first-order valence-corrected chi connectivity index (χ1v) is 14.4. The summed E-state index contributed by atoms with van der Waals surface area (Å²) in [5.74, 6) is 0.955. The molecule has 1 fully saturated rings. The molecule has 4 rings (SSSR count). The third-order valence-corrected chi connectivity index (χ3v) is 9.41. The largest absolute Gasteiger partial charge is 0.484 e. The molecule has 1 aliphatic carbocycles.